The summed E-state index contributed by atoms with van der Waals surface area (Å²) in [6.45, 7) is -0.827. The lowest BCUT2D eigenvalue weighted by atomic mass is 10.3. The van der Waals surface area contributed by atoms with E-state index in [1.165, 1.54) is 0 Å². The van der Waals surface area contributed by atoms with Gasteiger partial charge in [-0.05, 0) is 13.0 Å². The molecule has 0 aliphatic rings. The molecule has 0 saturated carbocycles. The number of aromatic nitrogens is 2. The normalized spacial score (nSPS) is 12.0. The zero-order chi connectivity index (χ0) is 12.7. The molecule has 0 unspecified atom stereocenters. The maximum atomic E-state index is 11.7. The van der Waals surface area contributed by atoms with Gasteiger partial charge < -0.3 is 15.0 Å². The van der Waals surface area contributed by atoms with Crippen LogP contribution in [0.15, 0.2) is 4.52 Å². The van der Waals surface area contributed by atoms with Gasteiger partial charge in [-0.2, -0.15) is 18.2 Å². The van der Waals surface area contributed by atoms with E-state index in [0.717, 1.165) is 6.42 Å². The number of hydrogen-bond donors (Lipinski definition) is 1. The average Bonchev–Trinajstić information content (AvgIpc) is 2.68. The molecule has 0 aromatic carbocycles. The van der Waals surface area contributed by atoms with Crippen LogP contribution in [0.25, 0.3) is 0 Å². The third-order valence-electron chi connectivity index (χ3n) is 1.84. The van der Waals surface area contributed by atoms with E-state index in [4.69, 9.17) is 10.3 Å². The van der Waals surface area contributed by atoms with Crippen LogP contribution in [0.4, 0.5) is 13.2 Å². The summed E-state index contributed by atoms with van der Waals surface area (Å²) in [5, 5.41) is 3.61. The molecule has 1 aromatic heterocycles. The molecule has 0 radical (unpaired) electrons. The molecule has 0 atom stereocenters. The Hall–Kier alpha value is -1.15. The monoisotopic (exact) mass is 253 g/mol. The molecular formula is C9H14F3N3O2. The largest absolute Gasteiger partial charge is 0.411 e. The van der Waals surface area contributed by atoms with Crippen LogP contribution in [0.2, 0.25) is 0 Å². The number of ether oxygens (including phenoxy) is 1. The molecule has 0 aliphatic carbocycles. The van der Waals surface area contributed by atoms with E-state index in [1.54, 1.807) is 0 Å². The zero-order valence-electron chi connectivity index (χ0n) is 9.16. The van der Waals surface area contributed by atoms with Gasteiger partial charge in [0.25, 0.3) is 0 Å². The van der Waals surface area contributed by atoms with E-state index in [2.05, 4.69) is 14.9 Å². The first-order valence-corrected chi connectivity index (χ1v) is 5.17. The van der Waals surface area contributed by atoms with Crippen LogP contribution in [0.1, 0.15) is 18.1 Å². The fourth-order valence-corrected chi connectivity index (χ4v) is 1.10. The Kier molecular flexibility index (Phi) is 5.36. The SMILES string of the molecule is NCCCc1nc(CCOCC(F)(F)F)no1. The van der Waals surface area contributed by atoms with Gasteiger partial charge in [-0.15, -0.1) is 0 Å². The summed E-state index contributed by atoms with van der Waals surface area (Å²) >= 11 is 0. The number of nitrogens with two attached hydrogens (primary N) is 1. The zero-order valence-corrected chi connectivity index (χ0v) is 9.16. The highest BCUT2D eigenvalue weighted by molar-refractivity contribution is 4.86. The molecule has 0 saturated heterocycles. The van der Waals surface area contributed by atoms with Crippen molar-refractivity contribution in [2.75, 3.05) is 19.8 Å². The van der Waals surface area contributed by atoms with Gasteiger partial charge in [0.05, 0.1) is 6.61 Å². The van der Waals surface area contributed by atoms with Crippen molar-refractivity contribution >= 4 is 0 Å². The van der Waals surface area contributed by atoms with Crippen molar-refractivity contribution in [3.05, 3.63) is 11.7 Å². The van der Waals surface area contributed by atoms with Crippen LogP contribution >= 0.6 is 0 Å². The fourth-order valence-electron chi connectivity index (χ4n) is 1.10. The van der Waals surface area contributed by atoms with Crippen molar-refractivity contribution in [1.29, 1.82) is 0 Å². The van der Waals surface area contributed by atoms with E-state index >= 15 is 0 Å². The van der Waals surface area contributed by atoms with Crippen LogP contribution in [0, 0.1) is 0 Å². The highest BCUT2D eigenvalue weighted by atomic mass is 19.4. The third kappa shape index (κ3) is 6.22. The standard InChI is InChI=1S/C9H14F3N3O2/c10-9(11,12)6-16-5-3-7-14-8(17-15-7)2-1-4-13/h1-6,13H2. The lowest BCUT2D eigenvalue weighted by molar-refractivity contribution is -0.173. The van der Waals surface area contributed by atoms with Gasteiger partial charge in [0.15, 0.2) is 5.82 Å². The summed E-state index contributed by atoms with van der Waals surface area (Å²) in [5.74, 6) is 0.792. The number of rotatable bonds is 7. The average molecular weight is 253 g/mol. The molecule has 1 rings (SSSR count). The molecule has 0 spiro atoms. The van der Waals surface area contributed by atoms with Gasteiger partial charge in [-0.1, -0.05) is 5.16 Å². The Morgan fingerprint density at radius 1 is 1.29 bits per heavy atom. The number of nitrogens with zero attached hydrogens (tertiary/aromatic N) is 2. The summed E-state index contributed by atoms with van der Waals surface area (Å²) < 4.78 is 44.5. The maximum absolute atomic E-state index is 11.7. The van der Waals surface area contributed by atoms with Gasteiger partial charge in [0.1, 0.15) is 6.61 Å². The summed E-state index contributed by atoms with van der Waals surface area (Å²) in [7, 11) is 0. The predicted molar refractivity (Wildman–Crippen MR) is 52.3 cm³/mol. The number of alkyl halides is 3. The van der Waals surface area contributed by atoms with Gasteiger partial charge >= 0.3 is 6.18 Å². The molecule has 0 amide bonds. The molecule has 0 fully saturated rings. The smallest absolute Gasteiger partial charge is 0.372 e. The molecule has 98 valence electrons. The van der Waals surface area contributed by atoms with Crippen LogP contribution in [0.3, 0.4) is 0 Å². The van der Waals surface area contributed by atoms with Crippen LogP contribution < -0.4 is 5.73 Å². The summed E-state index contributed by atoms with van der Waals surface area (Å²) in [6, 6.07) is 0. The molecule has 1 aromatic rings. The van der Waals surface area contributed by atoms with E-state index in [0.29, 0.717) is 24.7 Å². The number of aryl methyl sites for hydroxylation is 1. The molecule has 5 nitrogen and oxygen atoms in total. The van der Waals surface area contributed by atoms with E-state index in [1.807, 2.05) is 0 Å². The van der Waals surface area contributed by atoms with Crippen molar-refractivity contribution in [3.8, 4) is 0 Å². The predicted octanol–water partition coefficient (Wildman–Crippen LogP) is 1.08. The Bertz CT molecular complexity index is 328. The van der Waals surface area contributed by atoms with Gasteiger partial charge in [0.2, 0.25) is 5.89 Å². The topological polar surface area (TPSA) is 74.2 Å². The molecule has 1 heterocycles. The highest BCUT2D eigenvalue weighted by Gasteiger charge is 2.27. The second-order valence-corrected chi connectivity index (χ2v) is 3.41. The van der Waals surface area contributed by atoms with Crippen molar-refractivity contribution in [2.24, 2.45) is 5.73 Å². The summed E-state index contributed by atoms with van der Waals surface area (Å²) in [5.41, 5.74) is 5.31. The lowest BCUT2D eigenvalue weighted by Gasteiger charge is -2.05. The Labute approximate surface area is 96.1 Å². The minimum absolute atomic E-state index is 0.0879. The van der Waals surface area contributed by atoms with Crippen molar-refractivity contribution in [3.63, 3.8) is 0 Å². The third-order valence-corrected chi connectivity index (χ3v) is 1.84. The maximum Gasteiger partial charge on any atom is 0.411 e. The molecule has 8 heteroatoms. The van der Waals surface area contributed by atoms with Crippen LogP contribution in [-0.4, -0.2) is 36.1 Å². The molecular weight excluding hydrogens is 239 g/mol. The van der Waals surface area contributed by atoms with Gasteiger partial charge in [0, 0.05) is 12.8 Å². The minimum Gasteiger partial charge on any atom is -0.372 e. The molecule has 2 N–H and O–H groups in total. The first-order valence-electron chi connectivity index (χ1n) is 5.17. The molecule has 0 aliphatic heterocycles. The van der Waals surface area contributed by atoms with Gasteiger partial charge in [-0.3, -0.25) is 0 Å². The number of hydrogen-bond acceptors (Lipinski definition) is 5. The first-order chi connectivity index (χ1) is 8.01. The second-order valence-electron chi connectivity index (χ2n) is 3.41. The van der Waals surface area contributed by atoms with Crippen molar-refractivity contribution < 1.29 is 22.4 Å². The first kappa shape index (κ1) is 13.9. The van der Waals surface area contributed by atoms with E-state index in [9.17, 15) is 13.2 Å². The summed E-state index contributed by atoms with van der Waals surface area (Å²) in [4.78, 5) is 3.99. The summed E-state index contributed by atoms with van der Waals surface area (Å²) in [6.07, 6.45) is -2.80. The highest BCUT2D eigenvalue weighted by Crippen LogP contribution is 2.14. The van der Waals surface area contributed by atoms with Crippen LogP contribution in [0.5, 0.6) is 0 Å². The Morgan fingerprint density at radius 3 is 2.71 bits per heavy atom. The fraction of sp³-hybridized carbons (Fsp3) is 0.778. The van der Waals surface area contributed by atoms with Gasteiger partial charge in [-0.25, -0.2) is 0 Å². The lowest BCUT2D eigenvalue weighted by Crippen LogP contribution is -2.18. The quantitative estimate of drug-likeness (QED) is 0.736. The molecule has 0 bridgehead atoms. The second kappa shape index (κ2) is 6.55. The Morgan fingerprint density at radius 2 is 2.06 bits per heavy atom. The van der Waals surface area contributed by atoms with Crippen molar-refractivity contribution in [2.45, 2.75) is 25.4 Å². The van der Waals surface area contributed by atoms with Crippen molar-refractivity contribution in [1.82, 2.24) is 10.1 Å². The Balaban J connectivity index is 2.21. The van der Waals surface area contributed by atoms with E-state index in [-0.39, 0.29) is 13.0 Å². The number of halogens is 3. The minimum atomic E-state index is -4.30. The van der Waals surface area contributed by atoms with Crippen LogP contribution in [-0.2, 0) is 17.6 Å². The molecule has 17 heavy (non-hydrogen) atoms. The van der Waals surface area contributed by atoms with E-state index < -0.39 is 12.8 Å².